The molecule has 1 aliphatic rings. The molecular weight excluding hydrogens is 489 g/mol. The summed E-state index contributed by atoms with van der Waals surface area (Å²) in [6, 6.07) is 22.4. The lowest BCUT2D eigenvalue weighted by molar-refractivity contribution is -0.118. The molecule has 1 fully saturated rings. The third kappa shape index (κ3) is 5.46. The summed E-state index contributed by atoms with van der Waals surface area (Å²) in [5.41, 5.74) is 5.61. The van der Waals surface area contributed by atoms with E-state index in [2.05, 4.69) is 45.2 Å². The van der Waals surface area contributed by atoms with Crippen LogP contribution in [0.4, 0.5) is 5.69 Å². The molecule has 0 unspecified atom stereocenters. The van der Waals surface area contributed by atoms with Crippen molar-refractivity contribution in [3.05, 3.63) is 94.1 Å². The predicted octanol–water partition coefficient (Wildman–Crippen LogP) is 7.91. The van der Waals surface area contributed by atoms with Crippen molar-refractivity contribution in [3.63, 3.8) is 0 Å². The van der Waals surface area contributed by atoms with Crippen molar-refractivity contribution < 1.29 is 4.79 Å². The first kappa shape index (κ1) is 24.9. The summed E-state index contributed by atoms with van der Waals surface area (Å²) in [4.78, 5) is 14.6. The minimum absolute atomic E-state index is 0.0299. The highest BCUT2D eigenvalue weighted by Gasteiger charge is 2.22. The van der Waals surface area contributed by atoms with Gasteiger partial charge in [-0.1, -0.05) is 61.3 Å². The van der Waals surface area contributed by atoms with E-state index in [-0.39, 0.29) is 11.8 Å². The maximum atomic E-state index is 12.1. The van der Waals surface area contributed by atoms with E-state index >= 15 is 0 Å². The van der Waals surface area contributed by atoms with Gasteiger partial charge >= 0.3 is 0 Å². The molecule has 2 heterocycles. The van der Waals surface area contributed by atoms with Gasteiger partial charge in [-0.15, -0.1) is 0 Å². The Labute approximate surface area is 222 Å². The fourth-order valence-electron chi connectivity index (χ4n) is 5.06. The van der Waals surface area contributed by atoms with Crippen LogP contribution in [0.15, 0.2) is 72.9 Å². The largest absolute Gasteiger partial charge is 0.326 e. The highest BCUT2D eigenvalue weighted by Crippen LogP contribution is 2.33. The standard InChI is InChI=1S/C30H31Cl2N3O/c1-20(2)30(36)33-26-7-3-5-22(15-26)21-11-13-34(14-12-21)18-23-19-35(27-8-4-6-24(31)16-27)29-17-25(32)9-10-28(23)29/h3-10,15-17,19-21H,11-14,18H2,1-2H3,(H,33,36). The Balaban J connectivity index is 1.30. The van der Waals surface area contributed by atoms with Crippen LogP contribution in [0, 0.1) is 5.92 Å². The predicted molar refractivity (Wildman–Crippen MR) is 150 cm³/mol. The summed E-state index contributed by atoms with van der Waals surface area (Å²) in [5, 5.41) is 5.69. The van der Waals surface area contributed by atoms with Gasteiger partial charge in [-0.05, 0) is 85.4 Å². The number of halogens is 2. The van der Waals surface area contributed by atoms with E-state index < -0.39 is 0 Å². The Morgan fingerprint density at radius 1 is 0.972 bits per heavy atom. The summed E-state index contributed by atoms with van der Waals surface area (Å²) >= 11 is 12.6. The normalized spacial score (nSPS) is 15.0. The monoisotopic (exact) mass is 519 g/mol. The molecule has 6 heteroatoms. The number of nitrogens with zero attached hydrogens (tertiary/aromatic N) is 2. The molecule has 5 rings (SSSR count). The van der Waals surface area contributed by atoms with Crippen molar-refractivity contribution in [2.45, 2.75) is 39.2 Å². The molecule has 0 aliphatic carbocycles. The number of hydrogen-bond acceptors (Lipinski definition) is 2. The molecule has 0 saturated carbocycles. The van der Waals surface area contributed by atoms with Crippen LogP contribution in [0.25, 0.3) is 16.6 Å². The zero-order valence-electron chi connectivity index (χ0n) is 20.7. The van der Waals surface area contributed by atoms with Crippen LogP contribution in [0.2, 0.25) is 10.0 Å². The van der Waals surface area contributed by atoms with Crippen LogP contribution in [0.5, 0.6) is 0 Å². The smallest absolute Gasteiger partial charge is 0.226 e. The second-order valence-electron chi connectivity index (χ2n) is 9.99. The number of piperidine rings is 1. The fraction of sp³-hybridized carbons (Fsp3) is 0.300. The molecule has 3 aromatic carbocycles. The van der Waals surface area contributed by atoms with Crippen LogP contribution in [-0.4, -0.2) is 28.5 Å². The first-order valence-corrected chi connectivity index (χ1v) is 13.3. The van der Waals surface area contributed by atoms with Gasteiger partial charge in [0.15, 0.2) is 0 Å². The minimum atomic E-state index is -0.0299. The van der Waals surface area contributed by atoms with E-state index in [1.807, 2.05) is 56.3 Å². The number of hydrogen-bond donors (Lipinski definition) is 1. The Bertz CT molecular complexity index is 1390. The lowest BCUT2D eigenvalue weighted by atomic mass is 9.89. The number of amides is 1. The zero-order chi connectivity index (χ0) is 25.2. The van der Waals surface area contributed by atoms with Gasteiger partial charge < -0.3 is 9.88 Å². The van der Waals surface area contributed by atoms with E-state index in [4.69, 9.17) is 23.2 Å². The molecule has 0 bridgehead atoms. The second-order valence-corrected chi connectivity index (χ2v) is 10.9. The molecule has 0 spiro atoms. The average molecular weight is 521 g/mol. The molecule has 1 amide bonds. The molecule has 1 aromatic heterocycles. The molecule has 1 N–H and O–H groups in total. The highest BCUT2D eigenvalue weighted by atomic mass is 35.5. The maximum absolute atomic E-state index is 12.1. The number of anilines is 1. The fourth-order valence-corrected chi connectivity index (χ4v) is 5.41. The molecule has 0 atom stereocenters. The summed E-state index contributed by atoms with van der Waals surface area (Å²) in [6.45, 7) is 6.78. The van der Waals surface area contributed by atoms with E-state index in [0.717, 1.165) is 54.4 Å². The SMILES string of the molecule is CC(C)C(=O)Nc1cccc(C2CCN(Cc3cn(-c4cccc(Cl)c4)c4cc(Cl)ccc34)CC2)c1. The van der Waals surface area contributed by atoms with Crippen LogP contribution in [0.3, 0.4) is 0 Å². The van der Waals surface area contributed by atoms with Gasteiger partial charge in [-0.2, -0.15) is 0 Å². The Morgan fingerprint density at radius 2 is 1.72 bits per heavy atom. The van der Waals surface area contributed by atoms with Crippen molar-refractivity contribution in [1.82, 2.24) is 9.47 Å². The summed E-state index contributed by atoms with van der Waals surface area (Å²) in [6.07, 6.45) is 4.42. The van der Waals surface area contributed by atoms with Crippen LogP contribution in [-0.2, 0) is 11.3 Å². The third-order valence-electron chi connectivity index (χ3n) is 7.07. The highest BCUT2D eigenvalue weighted by molar-refractivity contribution is 6.31. The molecule has 4 aromatic rings. The second kappa shape index (κ2) is 10.7. The van der Waals surface area contributed by atoms with Crippen LogP contribution in [0.1, 0.15) is 43.7 Å². The molecule has 1 saturated heterocycles. The molecule has 4 nitrogen and oxygen atoms in total. The van der Waals surface area contributed by atoms with Gasteiger partial charge in [-0.25, -0.2) is 0 Å². The number of aromatic nitrogens is 1. The zero-order valence-corrected chi connectivity index (χ0v) is 22.2. The first-order chi connectivity index (χ1) is 17.4. The lowest BCUT2D eigenvalue weighted by Crippen LogP contribution is -2.32. The summed E-state index contributed by atoms with van der Waals surface area (Å²) in [7, 11) is 0. The van der Waals surface area contributed by atoms with Crippen LogP contribution >= 0.6 is 23.2 Å². The first-order valence-electron chi connectivity index (χ1n) is 12.6. The van der Waals surface area contributed by atoms with Gasteiger partial charge in [-0.3, -0.25) is 9.69 Å². The average Bonchev–Trinajstić information content (AvgIpc) is 3.22. The molecule has 36 heavy (non-hydrogen) atoms. The van der Waals surface area contributed by atoms with Crippen molar-refractivity contribution in [3.8, 4) is 5.69 Å². The minimum Gasteiger partial charge on any atom is -0.326 e. The quantitative estimate of drug-likeness (QED) is 0.281. The Hall–Kier alpha value is -2.79. The molecule has 1 aliphatic heterocycles. The number of benzene rings is 3. The van der Waals surface area contributed by atoms with Gasteiger partial charge in [0.25, 0.3) is 0 Å². The molecular formula is C30H31Cl2N3O. The number of rotatable bonds is 6. The van der Waals surface area contributed by atoms with Crippen molar-refractivity contribution in [2.24, 2.45) is 5.92 Å². The van der Waals surface area contributed by atoms with Crippen LogP contribution < -0.4 is 5.32 Å². The Kier molecular flexibility index (Phi) is 7.38. The van der Waals surface area contributed by atoms with Gasteiger partial charge in [0.2, 0.25) is 5.91 Å². The lowest BCUT2D eigenvalue weighted by Gasteiger charge is -2.32. The van der Waals surface area contributed by atoms with Crippen molar-refractivity contribution >= 4 is 45.7 Å². The molecule has 0 radical (unpaired) electrons. The van der Waals surface area contributed by atoms with Crippen molar-refractivity contribution in [1.29, 1.82) is 0 Å². The summed E-state index contributed by atoms with van der Waals surface area (Å²) in [5.74, 6) is 0.529. The van der Waals surface area contributed by atoms with Gasteiger partial charge in [0.05, 0.1) is 5.52 Å². The van der Waals surface area contributed by atoms with E-state index in [9.17, 15) is 4.79 Å². The topological polar surface area (TPSA) is 37.3 Å². The van der Waals surface area contributed by atoms with Gasteiger partial charge in [0.1, 0.15) is 0 Å². The molecule has 186 valence electrons. The number of carbonyl (C=O) groups excluding carboxylic acids is 1. The third-order valence-corrected chi connectivity index (χ3v) is 7.54. The van der Waals surface area contributed by atoms with E-state index in [0.29, 0.717) is 10.9 Å². The number of nitrogens with one attached hydrogen (secondary N) is 1. The van der Waals surface area contributed by atoms with Gasteiger partial charge in [0, 0.05) is 45.5 Å². The number of likely N-dealkylation sites (tertiary alicyclic amines) is 1. The van der Waals surface area contributed by atoms with Crippen molar-refractivity contribution in [2.75, 3.05) is 18.4 Å². The number of fused-ring (bicyclic) bond motifs is 1. The number of carbonyl (C=O) groups is 1. The maximum Gasteiger partial charge on any atom is 0.226 e. The van der Waals surface area contributed by atoms with E-state index in [1.165, 1.54) is 16.5 Å². The summed E-state index contributed by atoms with van der Waals surface area (Å²) < 4.78 is 2.19. The van der Waals surface area contributed by atoms with E-state index in [1.54, 1.807) is 0 Å². The Morgan fingerprint density at radius 3 is 2.47 bits per heavy atom.